The molecule has 0 spiro atoms. The number of hydrogen-bond donors (Lipinski definition) is 2. The molecule has 0 unspecified atom stereocenters. The van der Waals surface area contributed by atoms with E-state index < -0.39 is 17.9 Å². The number of hydrogen-bond acceptors (Lipinski definition) is 3. The maximum absolute atomic E-state index is 11.8. The first kappa shape index (κ1) is 16.9. The minimum Gasteiger partial charge on any atom is -0.478 e. The number of likely N-dealkylation sites (N-methyl/N-ethyl adjacent to an activating group) is 1. The largest absolute Gasteiger partial charge is 0.478 e. The minimum atomic E-state index is -1.19. The molecule has 0 radical (unpaired) electrons. The zero-order chi connectivity index (χ0) is 15.2. The molecule has 0 heterocycles. The molecule has 106 valence electrons. The second kappa shape index (κ2) is 7.35. The number of carboxylic acid groups (broad SMARTS) is 1. The summed E-state index contributed by atoms with van der Waals surface area (Å²) >= 11 is 0. The fourth-order valence-corrected chi connectivity index (χ4v) is 1.25. The van der Waals surface area contributed by atoms with E-state index in [0.29, 0.717) is 13.1 Å². The van der Waals surface area contributed by atoms with Gasteiger partial charge in [-0.05, 0) is 27.7 Å². The van der Waals surface area contributed by atoms with Crippen LogP contribution in [0.5, 0.6) is 0 Å². The highest BCUT2D eigenvalue weighted by atomic mass is 16.4. The Bertz CT molecular complexity index is 438. The van der Waals surface area contributed by atoms with E-state index in [1.807, 2.05) is 0 Å². The first-order valence-electron chi connectivity index (χ1n) is 5.86. The third-order valence-corrected chi connectivity index (χ3v) is 2.57. The van der Waals surface area contributed by atoms with Gasteiger partial charge in [0.05, 0.1) is 0 Å². The van der Waals surface area contributed by atoms with Gasteiger partial charge in [-0.2, -0.15) is 0 Å². The second-order valence-corrected chi connectivity index (χ2v) is 4.29. The fraction of sp³-hybridized carbons (Fsp3) is 0.462. The van der Waals surface area contributed by atoms with Crippen LogP contribution in [0.25, 0.3) is 0 Å². The summed E-state index contributed by atoms with van der Waals surface area (Å²) < 4.78 is 0. The average molecular weight is 268 g/mol. The lowest BCUT2D eigenvalue weighted by Crippen LogP contribution is -2.43. The van der Waals surface area contributed by atoms with Crippen LogP contribution in [-0.2, 0) is 9.59 Å². The van der Waals surface area contributed by atoms with E-state index in [2.05, 4.69) is 11.9 Å². The first-order chi connectivity index (χ1) is 8.70. The molecule has 0 aliphatic heterocycles. The van der Waals surface area contributed by atoms with Crippen LogP contribution in [-0.4, -0.2) is 41.0 Å². The highest BCUT2D eigenvalue weighted by Crippen LogP contribution is 2.04. The number of urea groups is 1. The Morgan fingerprint density at radius 1 is 1.16 bits per heavy atom. The zero-order valence-corrected chi connectivity index (χ0v) is 11.7. The average Bonchev–Trinajstić information content (AvgIpc) is 2.33. The summed E-state index contributed by atoms with van der Waals surface area (Å²) in [6.07, 6.45) is 0. The molecule has 2 N–H and O–H groups in total. The molecule has 0 aliphatic rings. The van der Waals surface area contributed by atoms with Gasteiger partial charge in [0.25, 0.3) is 5.91 Å². The summed E-state index contributed by atoms with van der Waals surface area (Å²) in [5.41, 5.74) is 0.707. The van der Waals surface area contributed by atoms with Crippen LogP contribution in [0, 0.1) is 0 Å². The summed E-state index contributed by atoms with van der Waals surface area (Å²) in [6, 6.07) is -0.562. The Morgan fingerprint density at radius 2 is 1.68 bits per heavy atom. The van der Waals surface area contributed by atoms with Gasteiger partial charge in [-0.3, -0.25) is 10.1 Å². The van der Waals surface area contributed by atoms with Crippen LogP contribution >= 0.6 is 0 Å². The normalized spacial score (nSPS) is 11.4. The molecule has 0 saturated carbocycles. The van der Waals surface area contributed by atoms with Crippen molar-refractivity contribution in [3.8, 4) is 0 Å². The lowest BCUT2D eigenvalue weighted by atomic mass is 10.1. The lowest BCUT2D eigenvalue weighted by molar-refractivity contribution is -0.133. The van der Waals surface area contributed by atoms with Gasteiger partial charge in [0.15, 0.2) is 0 Å². The van der Waals surface area contributed by atoms with Gasteiger partial charge in [-0.1, -0.05) is 12.2 Å². The highest BCUT2D eigenvalue weighted by molar-refractivity contribution is 6.07. The summed E-state index contributed by atoms with van der Waals surface area (Å²) in [5, 5.41) is 10.9. The number of carbonyl (C=O) groups is 3. The number of nitrogens with one attached hydrogen (secondary N) is 1. The van der Waals surface area contributed by atoms with Gasteiger partial charge in [0.2, 0.25) is 0 Å². The van der Waals surface area contributed by atoms with Crippen molar-refractivity contribution < 1.29 is 19.5 Å². The third-order valence-electron chi connectivity index (χ3n) is 2.57. The molecule has 0 bridgehead atoms. The van der Waals surface area contributed by atoms with Crippen LogP contribution in [0.3, 0.4) is 0 Å². The lowest BCUT2D eigenvalue weighted by Gasteiger charge is -2.21. The van der Waals surface area contributed by atoms with E-state index >= 15 is 0 Å². The molecule has 0 aromatic carbocycles. The topological polar surface area (TPSA) is 86.7 Å². The van der Waals surface area contributed by atoms with Crippen molar-refractivity contribution in [3.63, 3.8) is 0 Å². The summed E-state index contributed by atoms with van der Waals surface area (Å²) in [7, 11) is 0. The van der Waals surface area contributed by atoms with Gasteiger partial charge in [0, 0.05) is 24.2 Å². The predicted molar refractivity (Wildman–Crippen MR) is 71.6 cm³/mol. The number of nitrogens with zero attached hydrogens (tertiary/aromatic N) is 1. The first-order valence-corrected chi connectivity index (χ1v) is 5.86. The second-order valence-electron chi connectivity index (χ2n) is 4.29. The maximum Gasteiger partial charge on any atom is 0.331 e. The van der Waals surface area contributed by atoms with Crippen LogP contribution in [0.4, 0.5) is 4.79 Å². The van der Waals surface area contributed by atoms with Crippen molar-refractivity contribution in [2.24, 2.45) is 0 Å². The molecule has 0 aromatic heterocycles. The van der Waals surface area contributed by atoms with Crippen LogP contribution in [0.2, 0.25) is 0 Å². The fourth-order valence-electron chi connectivity index (χ4n) is 1.25. The highest BCUT2D eigenvalue weighted by Gasteiger charge is 2.18. The Balaban J connectivity index is 4.81. The van der Waals surface area contributed by atoms with Crippen LogP contribution < -0.4 is 5.32 Å². The van der Waals surface area contributed by atoms with Gasteiger partial charge < -0.3 is 10.0 Å². The molecule has 0 fully saturated rings. The van der Waals surface area contributed by atoms with Crippen molar-refractivity contribution in [3.05, 3.63) is 23.3 Å². The van der Waals surface area contributed by atoms with Gasteiger partial charge >= 0.3 is 12.0 Å². The Kier molecular flexibility index (Phi) is 6.54. The van der Waals surface area contributed by atoms with Crippen molar-refractivity contribution in [2.75, 3.05) is 13.1 Å². The SMILES string of the molecule is C=C(C)CN(CC)C(=O)NC(=O)C(C)=C(C)C(=O)O. The minimum absolute atomic E-state index is 0.00669. The predicted octanol–water partition coefficient (Wildman–Crippen LogP) is 1.54. The smallest absolute Gasteiger partial charge is 0.331 e. The number of carbonyl (C=O) groups excluding carboxylic acids is 2. The van der Waals surface area contributed by atoms with Crippen molar-refractivity contribution in [2.45, 2.75) is 27.7 Å². The van der Waals surface area contributed by atoms with Gasteiger partial charge in [-0.15, -0.1) is 0 Å². The van der Waals surface area contributed by atoms with Crippen LogP contribution in [0.1, 0.15) is 27.7 Å². The molecule has 19 heavy (non-hydrogen) atoms. The van der Waals surface area contributed by atoms with E-state index in [4.69, 9.17) is 5.11 Å². The molecule has 0 saturated heterocycles. The molecule has 6 nitrogen and oxygen atoms in total. The molecule has 0 rings (SSSR count). The third kappa shape index (κ3) is 5.37. The van der Waals surface area contributed by atoms with E-state index in [9.17, 15) is 14.4 Å². The molecular formula is C13H20N2O4. The standard InChI is InChI=1S/C13H20N2O4/c1-6-15(7-8(2)3)13(19)14-11(16)9(4)10(5)12(17)18/h2,6-7H2,1,3-5H3,(H,17,18)(H,14,16,19). The number of imide groups is 1. The van der Waals surface area contributed by atoms with E-state index in [0.717, 1.165) is 5.57 Å². The van der Waals surface area contributed by atoms with Gasteiger partial charge in [-0.25, -0.2) is 9.59 Å². The molecule has 3 amide bonds. The Labute approximate surface area is 112 Å². The quantitative estimate of drug-likeness (QED) is 0.585. The number of rotatable bonds is 5. The molecule has 6 heteroatoms. The molecular weight excluding hydrogens is 248 g/mol. The van der Waals surface area contributed by atoms with Gasteiger partial charge in [0.1, 0.15) is 0 Å². The zero-order valence-electron chi connectivity index (χ0n) is 11.7. The Morgan fingerprint density at radius 3 is 2.05 bits per heavy atom. The molecule has 0 atom stereocenters. The van der Waals surface area contributed by atoms with Crippen molar-refractivity contribution >= 4 is 17.9 Å². The summed E-state index contributed by atoms with van der Waals surface area (Å²) in [4.78, 5) is 35.6. The number of amides is 3. The van der Waals surface area contributed by atoms with Crippen molar-refractivity contribution in [1.29, 1.82) is 0 Å². The Hall–Kier alpha value is -2.11. The number of aliphatic carboxylic acids is 1. The number of carboxylic acids is 1. The maximum atomic E-state index is 11.8. The monoisotopic (exact) mass is 268 g/mol. The molecule has 0 aromatic rings. The van der Waals surface area contributed by atoms with Crippen molar-refractivity contribution in [1.82, 2.24) is 10.2 Å². The summed E-state index contributed by atoms with van der Waals surface area (Å²) in [5.74, 6) is -1.89. The van der Waals surface area contributed by atoms with Crippen LogP contribution in [0.15, 0.2) is 23.3 Å². The molecule has 0 aliphatic carbocycles. The van der Waals surface area contributed by atoms with E-state index in [1.54, 1.807) is 13.8 Å². The summed E-state index contributed by atoms with van der Waals surface area (Å²) in [6.45, 7) is 10.7. The van der Waals surface area contributed by atoms with E-state index in [-0.39, 0.29) is 11.1 Å². The van der Waals surface area contributed by atoms with E-state index in [1.165, 1.54) is 18.7 Å².